The van der Waals surface area contributed by atoms with E-state index < -0.39 is 5.54 Å². The van der Waals surface area contributed by atoms with Gasteiger partial charge in [-0.1, -0.05) is 26.2 Å². The number of nitrogen functional groups attached to an aromatic ring is 2. The van der Waals surface area contributed by atoms with Gasteiger partial charge in [-0.3, -0.25) is 10.1 Å². The maximum Gasteiger partial charge on any atom is 0.223 e. The molecule has 0 amide bonds. The molecule has 0 aliphatic heterocycles. The molecule has 1 unspecified atom stereocenters. The van der Waals surface area contributed by atoms with E-state index in [0.29, 0.717) is 24.2 Å². The topological polar surface area (TPSA) is 95.2 Å². The minimum absolute atomic E-state index is 0.179. The van der Waals surface area contributed by atoms with Crippen molar-refractivity contribution in [3.05, 3.63) is 33.9 Å². The van der Waals surface area contributed by atoms with Gasteiger partial charge in [0.2, 0.25) is 5.54 Å². The second-order valence-electron chi connectivity index (χ2n) is 5.70. The summed E-state index contributed by atoms with van der Waals surface area (Å²) in [6.07, 6.45) is 5.03. The van der Waals surface area contributed by atoms with Crippen LogP contribution in [-0.2, 0) is 6.42 Å². The molecule has 0 saturated carbocycles. The number of nitrogens with two attached hydrogens (primary N) is 2. The molecule has 0 heterocycles. The Morgan fingerprint density at radius 1 is 1.25 bits per heavy atom. The monoisotopic (exact) mass is 279 g/mol. The van der Waals surface area contributed by atoms with Crippen molar-refractivity contribution in [2.75, 3.05) is 11.5 Å². The quantitative estimate of drug-likeness (QED) is 0.330. The van der Waals surface area contributed by atoms with E-state index in [0.717, 1.165) is 31.2 Å². The van der Waals surface area contributed by atoms with Crippen LogP contribution in [0.4, 0.5) is 11.4 Å². The molecule has 1 aromatic carbocycles. The average molecular weight is 279 g/mol. The number of nitrogens with zero attached hydrogens (tertiary/aromatic N) is 1. The molecule has 112 valence electrons. The van der Waals surface area contributed by atoms with Gasteiger partial charge in [0.05, 0.1) is 0 Å². The number of nitro groups is 1. The first-order chi connectivity index (χ1) is 9.39. The summed E-state index contributed by atoms with van der Waals surface area (Å²) >= 11 is 0. The highest BCUT2D eigenvalue weighted by Gasteiger charge is 2.37. The smallest absolute Gasteiger partial charge is 0.223 e. The van der Waals surface area contributed by atoms with Gasteiger partial charge in [0.15, 0.2) is 0 Å². The summed E-state index contributed by atoms with van der Waals surface area (Å²) in [5.41, 5.74) is 12.6. The molecule has 0 bridgehead atoms. The molecule has 1 atom stereocenters. The zero-order chi connectivity index (χ0) is 15.2. The van der Waals surface area contributed by atoms with Gasteiger partial charge in [-0.25, -0.2) is 0 Å². The second kappa shape index (κ2) is 7.12. The van der Waals surface area contributed by atoms with E-state index in [1.54, 1.807) is 25.1 Å². The van der Waals surface area contributed by atoms with Gasteiger partial charge >= 0.3 is 0 Å². The lowest BCUT2D eigenvalue weighted by molar-refractivity contribution is -0.566. The fourth-order valence-corrected chi connectivity index (χ4v) is 2.37. The molecule has 1 rings (SSSR count). The predicted molar refractivity (Wildman–Crippen MR) is 83.1 cm³/mol. The normalized spacial score (nSPS) is 13.9. The molecular formula is C15H25N3O2. The van der Waals surface area contributed by atoms with Gasteiger partial charge in [-0.05, 0) is 30.2 Å². The zero-order valence-corrected chi connectivity index (χ0v) is 12.4. The van der Waals surface area contributed by atoms with Crippen molar-refractivity contribution in [3.63, 3.8) is 0 Å². The van der Waals surface area contributed by atoms with E-state index in [2.05, 4.69) is 6.92 Å². The Balaban J connectivity index is 2.80. The van der Waals surface area contributed by atoms with Crippen LogP contribution in [0.3, 0.4) is 0 Å². The Morgan fingerprint density at radius 2 is 1.95 bits per heavy atom. The average Bonchev–Trinajstić information content (AvgIpc) is 2.39. The third kappa shape index (κ3) is 4.40. The van der Waals surface area contributed by atoms with Crippen molar-refractivity contribution in [3.8, 4) is 0 Å². The van der Waals surface area contributed by atoms with Crippen LogP contribution in [0.1, 0.15) is 51.5 Å². The van der Waals surface area contributed by atoms with Gasteiger partial charge in [0.25, 0.3) is 0 Å². The van der Waals surface area contributed by atoms with Crippen LogP contribution < -0.4 is 11.5 Å². The van der Waals surface area contributed by atoms with Crippen LogP contribution in [0.15, 0.2) is 18.2 Å². The molecule has 20 heavy (non-hydrogen) atoms. The second-order valence-corrected chi connectivity index (χ2v) is 5.70. The highest BCUT2D eigenvalue weighted by molar-refractivity contribution is 5.55. The summed E-state index contributed by atoms with van der Waals surface area (Å²) in [5.74, 6) is 0. The van der Waals surface area contributed by atoms with Crippen LogP contribution in [0.25, 0.3) is 0 Å². The van der Waals surface area contributed by atoms with Gasteiger partial charge < -0.3 is 11.5 Å². The Morgan fingerprint density at radius 3 is 2.55 bits per heavy atom. The van der Waals surface area contributed by atoms with Gasteiger partial charge in [-0.15, -0.1) is 0 Å². The largest absolute Gasteiger partial charge is 0.399 e. The SMILES string of the molecule is CCCCCCC(C)(Cc1cc(N)ccc1N)[N+](=O)[O-]. The summed E-state index contributed by atoms with van der Waals surface area (Å²) in [6.45, 7) is 3.82. The van der Waals surface area contributed by atoms with Crippen molar-refractivity contribution in [1.29, 1.82) is 0 Å². The lowest BCUT2D eigenvalue weighted by Gasteiger charge is -2.22. The molecule has 0 aliphatic carbocycles. The molecule has 5 nitrogen and oxygen atoms in total. The van der Waals surface area contributed by atoms with E-state index in [9.17, 15) is 10.1 Å². The molecule has 0 saturated heterocycles. The standard InChI is InChI=1S/C15H25N3O2/c1-3-4-5-6-9-15(2,18(19)20)11-12-10-13(16)7-8-14(12)17/h7-8,10H,3-6,9,11,16-17H2,1-2H3. The Hall–Kier alpha value is -1.78. The highest BCUT2D eigenvalue weighted by Crippen LogP contribution is 2.27. The van der Waals surface area contributed by atoms with Crippen LogP contribution >= 0.6 is 0 Å². The molecule has 0 aromatic heterocycles. The summed E-state index contributed by atoms with van der Waals surface area (Å²) in [7, 11) is 0. The van der Waals surface area contributed by atoms with E-state index in [1.165, 1.54) is 0 Å². The van der Waals surface area contributed by atoms with E-state index >= 15 is 0 Å². The summed E-state index contributed by atoms with van der Waals surface area (Å²) in [6, 6.07) is 5.16. The van der Waals surface area contributed by atoms with E-state index in [-0.39, 0.29) is 4.92 Å². The predicted octanol–water partition coefficient (Wildman–Crippen LogP) is 3.40. The zero-order valence-electron chi connectivity index (χ0n) is 12.4. The maximum absolute atomic E-state index is 11.4. The molecule has 0 spiro atoms. The maximum atomic E-state index is 11.4. The lowest BCUT2D eigenvalue weighted by atomic mass is 9.87. The molecule has 4 N–H and O–H groups in total. The summed E-state index contributed by atoms with van der Waals surface area (Å²) in [5, 5.41) is 11.4. The van der Waals surface area contributed by atoms with Crippen molar-refractivity contribution >= 4 is 11.4 Å². The number of benzene rings is 1. The Labute approximate surface area is 120 Å². The fourth-order valence-electron chi connectivity index (χ4n) is 2.37. The molecule has 0 radical (unpaired) electrons. The molecule has 0 aliphatic rings. The van der Waals surface area contributed by atoms with Gasteiger partial charge in [-0.2, -0.15) is 0 Å². The van der Waals surface area contributed by atoms with Crippen LogP contribution in [0.5, 0.6) is 0 Å². The van der Waals surface area contributed by atoms with Crippen LogP contribution in [0.2, 0.25) is 0 Å². The molecular weight excluding hydrogens is 254 g/mol. The van der Waals surface area contributed by atoms with Gasteiger partial charge in [0, 0.05) is 36.1 Å². The minimum Gasteiger partial charge on any atom is -0.399 e. The van der Waals surface area contributed by atoms with Crippen LogP contribution in [0, 0.1) is 10.1 Å². The summed E-state index contributed by atoms with van der Waals surface area (Å²) in [4.78, 5) is 11.2. The van der Waals surface area contributed by atoms with E-state index in [1.807, 2.05) is 0 Å². The highest BCUT2D eigenvalue weighted by atomic mass is 16.6. The summed E-state index contributed by atoms with van der Waals surface area (Å²) < 4.78 is 0. The molecule has 0 fully saturated rings. The van der Waals surface area contributed by atoms with Crippen LogP contribution in [-0.4, -0.2) is 10.5 Å². The molecule has 1 aromatic rings. The molecule has 5 heteroatoms. The number of hydrogen-bond donors (Lipinski definition) is 2. The minimum atomic E-state index is -0.977. The van der Waals surface area contributed by atoms with Crippen molar-refractivity contribution in [1.82, 2.24) is 0 Å². The fraction of sp³-hybridized carbons (Fsp3) is 0.600. The van der Waals surface area contributed by atoms with E-state index in [4.69, 9.17) is 11.5 Å². The number of hydrogen-bond acceptors (Lipinski definition) is 4. The number of anilines is 2. The van der Waals surface area contributed by atoms with Gasteiger partial charge in [0.1, 0.15) is 0 Å². The number of rotatable bonds is 8. The van der Waals surface area contributed by atoms with Crippen molar-refractivity contribution in [2.45, 2.75) is 57.9 Å². The Kier molecular flexibility index (Phi) is 5.80. The Bertz CT molecular complexity index is 462. The van der Waals surface area contributed by atoms with Crippen molar-refractivity contribution < 1.29 is 4.92 Å². The third-order valence-corrected chi connectivity index (χ3v) is 3.75. The lowest BCUT2D eigenvalue weighted by Crippen LogP contribution is -2.37. The number of unbranched alkanes of at least 4 members (excludes halogenated alkanes) is 3. The first-order valence-corrected chi connectivity index (χ1v) is 7.17. The third-order valence-electron chi connectivity index (χ3n) is 3.75. The first-order valence-electron chi connectivity index (χ1n) is 7.17. The first kappa shape index (κ1) is 16.3. The van der Waals surface area contributed by atoms with Crippen molar-refractivity contribution in [2.24, 2.45) is 0 Å².